The molecule has 0 radical (unpaired) electrons. The molecule has 1 aliphatic heterocycles. The lowest BCUT2D eigenvalue weighted by Gasteiger charge is -2.29. The highest BCUT2D eigenvalue weighted by Crippen LogP contribution is 2.48. The molecular weight excluding hydrogens is 835 g/mol. The average molecular weight is 885 g/mol. The zero-order valence-corrected chi connectivity index (χ0v) is 38.2. The van der Waals surface area contributed by atoms with Gasteiger partial charge in [-0.25, -0.2) is 0 Å². The van der Waals surface area contributed by atoms with Crippen molar-refractivity contribution in [2.45, 2.75) is 32.1 Å². The fourth-order valence-corrected chi connectivity index (χ4v) is 14.7. The van der Waals surface area contributed by atoms with Crippen LogP contribution in [0.1, 0.15) is 41.5 Å². The van der Waals surface area contributed by atoms with Crippen molar-refractivity contribution >= 4 is 58.8 Å². The zero-order chi connectivity index (χ0) is 43.4. The Balaban J connectivity index is 1.09. The Morgan fingerprint density at radius 1 is 0.323 bits per heavy atom. The van der Waals surface area contributed by atoms with Crippen molar-refractivity contribution in [1.29, 1.82) is 0 Å². The summed E-state index contributed by atoms with van der Waals surface area (Å²) >= 11 is 0. The first-order valence-corrected chi connectivity index (χ1v) is 25.5. The van der Waals surface area contributed by atoms with E-state index in [1.54, 1.807) is 0 Å². The van der Waals surface area contributed by atoms with Gasteiger partial charge in [-0.15, -0.1) is 0 Å². The van der Waals surface area contributed by atoms with E-state index in [9.17, 15) is 0 Å². The molecule has 8 aromatic rings. The molecule has 0 amide bonds. The summed E-state index contributed by atoms with van der Waals surface area (Å²) in [6.07, 6.45) is 4.94. The third-order valence-electron chi connectivity index (χ3n) is 12.7. The number of hydrogen-bond donors (Lipinski definition) is 0. The van der Waals surface area contributed by atoms with Crippen LogP contribution in [-0.2, 0) is 12.8 Å². The van der Waals surface area contributed by atoms with Crippen LogP contribution in [0.4, 0.5) is 0 Å². The lowest BCUT2D eigenvalue weighted by atomic mass is 9.97. The summed E-state index contributed by atoms with van der Waals surface area (Å²) < 4.78 is 27.2. The quantitative estimate of drug-likeness (QED) is 0.156. The van der Waals surface area contributed by atoms with Crippen molar-refractivity contribution in [3.8, 4) is 34.1 Å². The molecule has 0 spiro atoms. The van der Waals surface area contributed by atoms with E-state index in [2.05, 4.69) is 194 Å². The van der Waals surface area contributed by atoms with Gasteiger partial charge in [0.2, 0.25) is 0 Å². The van der Waals surface area contributed by atoms with Gasteiger partial charge in [-0.1, -0.05) is 158 Å². The van der Waals surface area contributed by atoms with Crippen molar-refractivity contribution in [2.24, 2.45) is 0 Å². The molecule has 4 bridgehead atoms. The van der Waals surface area contributed by atoms with E-state index in [0.717, 1.165) is 66.2 Å². The van der Waals surface area contributed by atoms with Crippen LogP contribution in [0.5, 0.6) is 23.0 Å². The van der Waals surface area contributed by atoms with Crippen molar-refractivity contribution in [1.82, 2.24) is 0 Å². The summed E-state index contributed by atoms with van der Waals surface area (Å²) in [6, 6.07) is 70.4. The normalized spacial score (nSPS) is 15.7. The van der Waals surface area contributed by atoms with Crippen molar-refractivity contribution in [3.05, 3.63) is 216 Å². The molecule has 6 heteroatoms. The Morgan fingerprint density at radius 2 is 0.708 bits per heavy atom. The van der Waals surface area contributed by atoms with Crippen molar-refractivity contribution in [2.75, 3.05) is 26.4 Å². The van der Waals surface area contributed by atoms with E-state index in [-0.39, 0.29) is 0 Å². The SMILES string of the molecule is c1ccc(P(c2ccccc2)c2cccc3c2-c2c(cccc2P(c2ccccc2)c2ccccc2)OCCOc2ccc4c(c2)/C(=C2/CCc5ccc(cc52)OCCCO3)CC4)cc1. The van der Waals surface area contributed by atoms with Gasteiger partial charge in [0.15, 0.2) is 0 Å². The second-order valence-electron chi connectivity index (χ2n) is 16.7. The maximum atomic E-state index is 7.06. The molecule has 11 rings (SSSR count). The van der Waals surface area contributed by atoms with Crippen LogP contribution >= 0.6 is 15.8 Å². The standard InChI is InChI=1S/C59H50O4P2/c1-5-16-46(17-6-1)64(47-18-7-2-8-19-47)56-26-13-24-54-58(56)59-55(25-14-27-57(59)65(48-20-9-3-10-21-48)49-22-11-4-12-23-49)63-39-38-61-45-33-29-43-31-35-51(53(43)41-45)50-34-30-42-28-32-44(40-52(42)50)60-36-15-37-62-54/h1-14,16-29,32-33,40-41H,15,30-31,34-39H2/b51-50-. The number of rotatable bonds is 6. The first kappa shape index (κ1) is 41.3. The van der Waals surface area contributed by atoms with Crippen LogP contribution in [-0.4, -0.2) is 26.4 Å². The topological polar surface area (TPSA) is 36.9 Å². The molecule has 0 unspecified atom stereocenters. The summed E-state index contributed by atoms with van der Waals surface area (Å²) in [4.78, 5) is 0. The largest absolute Gasteiger partial charge is 0.493 e. The summed E-state index contributed by atoms with van der Waals surface area (Å²) in [6.45, 7) is 1.80. The van der Waals surface area contributed by atoms with Gasteiger partial charge < -0.3 is 18.9 Å². The van der Waals surface area contributed by atoms with Gasteiger partial charge >= 0.3 is 0 Å². The molecule has 0 N–H and O–H groups in total. The molecule has 3 aliphatic rings. The number of allylic oxidation sites excluding steroid dienone is 2. The third-order valence-corrected chi connectivity index (χ3v) is 17.7. The van der Waals surface area contributed by atoms with Crippen LogP contribution < -0.4 is 50.8 Å². The molecule has 8 aromatic carbocycles. The molecule has 1 heterocycles. The summed E-state index contributed by atoms with van der Waals surface area (Å²) in [5.41, 5.74) is 10.5. The second kappa shape index (κ2) is 19.0. The van der Waals surface area contributed by atoms with E-state index in [1.165, 1.54) is 65.2 Å². The second-order valence-corrected chi connectivity index (χ2v) is 21.0. The lowest BCUT2D eigenvalue weighted by Crippen LogP contribution is -2.27. The minimum atomic E-state index is -1.05. The predicted octanol–water partition coefficient (Wildman–Crippen LogP) is 11.3. The first-order valence-electron chi connectivity index (χ1n) is 22.8. The van der Waals surface area contributed by atoms with E-state index < -0.39 is 15.8 Å². The molecular formula is C59H50O4P2. The minimum Gasteiger partial charge on any atom is -0.493 e. The number of fused-ring (bicyclic) bond motifs is 5. The van der Waals surface area contributed by atoms with E-state index in [1.807, 2.05) is 0 Å². The fraction of sp³-hybridized carbons (Fsp3) is 0.153. The fourth-order valence-electron chi connectivity index (χ4n) is 9.76. The summed E-state index contributed by atoms with van der Waals surface area (Å²) in [5, 5.41) is 7.49. The summed E-state index contributed by atoms with van der Waals surface area (Å²) in [5.74, 6) is 3.43. The molecule has 320 valence electrons. The third kappa shape index (κ3) is 8.50. The van der Waals surface area contributed by atoms with Gasteiger partial charge in [0, 0.05) is 17.5 Å². The zero-order valence-electron chi connectivity index (χ0n) is 36.4. The Kier molecular flexibility index (Phi) is 12.0. The minimum absolute atomic E-state index is 0.369. The molecule has 2 aliphatic carbocycles. The highest BCUT2D eigenvalue weighted by Gasteiger charge is 2.31. The molecule has 0 fully saturated rings. The van der Waals surface area contributed by atoms with Crippen LogP contribution in [0.25, 0.3) is 22.3 Å². The van der Waals surface area contributed by atoms with Crippen LogP contribution in [0.3, 0.4) is 0 Å². The van der Waals surface area contributed by atoms with Crippen LogP contribution in [0, 0.1) is 0 Å². The molecule has 0 aromatic heterocycles. The van der Waals surface area contributed by atoms with Gasteiger partial charge in [0.05, 0.1) is 13.2 Å². The van der Waals surface area contributed by atoms with Crippen molar-refractivity contribution < 1.29 is 18.9 Å². The highest BCUT2D eigenvalue weighted by atomic mass is 31.1. The Morgan fingerprint density at radius 3 is 1.15 bits per heavy atom. The van der Waals surface area contributed by atoms with E-state index >= 15 is 0 Å². The van der Waals surface area contributed by atoms with Gasteiger partial charge in [-0.2, -0.15) is 0 Å². The molecule has 0 saturated heterocycles. The smallest absolute Gasteiger partial charge is 0.128 e. The van der Waals surface area contributed by atoms with Gasteiger partial charge in [-0.05, 0) is 143 Å². The van der Waals surface area contributed by atoms with Gasteiger partial charge in [0.25, 0.3) is 0 Å². The van der Waals surface area contributed by atoms with Crippen LogP contribution in [0.2, 0.25) is 0 Å². The van der Waals surface area contributed by atoms with E-state index in [0.29, 0.717) is 26.4 Å². The van der Waals surface area contributed by atoms with Gasteiger partial charge in [0.1, 0.15) is 36.2 Å². The van der Waals surface area contributed by atoms with Gasteiger partial charge in [-0.3, -0.25) is 0 Å². The molecule has 65 heavy (non-hydrogen) atoms. The monoisotopic (exact) mass is 884 g/mol. The summed E-state index contributed by atoms with van der Waals surface area (Å²) in [7, 11) is -2.09. The maximum absolute atomic E-state index is 7.06. The average Bonchev–Trinajstić information content (AvgIpc) is 3.98. The predicted molar refractivity (Wildman–Crippen MR) is 272 cm³/mol. The van der Waals surface area contributed by atoms with Crippen molar-refractivity contribution in [3.63, 3.8) is 0 Å². The molecule has 0 atom stereocenters. The number of benzene rings is 8. The lowest BCUT2D eigenvalue weighted by molar-refractivity contribution is 0.217. The van der Waals surface area contributed by atoms with E-state index in [4.69, 9.17) is 18.9 Å². The Labute approximate surface area is 385 Å². The number of ether oxygens (including phenoxy) is 4. The number of hydrogen-bond acceptors (Lipinski definition) is 4. The van der Waals surface area contributed by atoms with Crippen LogP contribution in [0.15, 0.2) is 194 Å². The Bertz CT molecular complexity index is 2890. The number of aryl methyl sites for hydroxylation is 2. The molecule has 4 nitrogen and oxygen atoms in total. The highest BCUT2D eigenvalue weighted by molar-refractivity contribution is 7.80. The first-order chi connectivity index (χ1) is 32.3. The Hall–Kier alpha value is -6.44. The maximum Gasteiger partial charge on any atom is 0.128 e. The molecule has 0 saturated carbocycles.